The van der Waals surface area contributed by atoms with Crippen molar-refractivity contribution >= 4 is 35.6 Å². The van der Waals surface area contributed by atoms with Gasteiger partial charge in [0.1, 0.15) is 5.75 Å². The highest BCUT2D eigenvalue weighted by Gasteiger charge is 2.23. The largest absolute Gasteiger partial charge is 0.497 e. The Morgan fingerprint density at radius 3 is 2.73 bits per heavy atom. The molecule has 0 aromatic heterocycles. The van der Waals surface area contributed by atoms with Crippen molar-refractivity contribution in [3.05, 3.63) is 59.7 Å². The van der Waals surface area contributed by atoms with Gasteiger partial charge in [-0.15, -0.1) is 24.0 Å². The zero-order valence-electron chi connectivity index (χ0n) is 18.5. The van der Waals surface area contributed by atoms with Crippen molar-refractivity contribution < 1.29 is 4.74 Å². The first-order valence-electron chi connectivity index (χ1n) is 10.5. The van der Waals surface area contributed by atoms with Crippen LogP contribution in [-0.2, 0) is 0 Å². The minimum absolute atomic E-state index is 0. The Morgan fingerprint density at radius 2 is 2.00 bits per heavy atom. The zero-order valence-corrected chi connectivity index (χ0v) is 20.9. The number of methoxy groups -OCH3 is 1. The van der Waals surface area contributed by atoms with Crippen molar-refractivity contribution in [2.75, 3.05) is 45.2 Å². The van der Waals surface area contributed by atoms with Crippen LogP contribution in [-0.4, -0.2) is 46.3 Å². The van der Waals surface area contributed by atoms with Crippen molar-refractivity contribution in [3.8, 4) is 5.75 Å². The number of nitrogens with one attached hydrogen (secondary N) is 2. The van der Waals surface area contributed by atoms with Gasteiger partial charge in [0.2, 0.25) is 0 Å². The number of halogens is 1. The van der Waals surface area contributed by atoms with E-state index in [1.165, 1.54) is 23.2 Å². The number of aryl methyl sites for hydroxylation is 1. The molecule has 2 N–H and O–H groups in total. The minimum Gasteiger partial charge on any atom is -0.497 e. The van der Waals surface area contributed by atoms with E-state index >= 15 is 0 Å². The summed E-state index contributed by atoms with van der Waals surface area (Å²) in [7, 11) is 3.55. The average Bonchev–Trinajstić information content (AvgIpc) is 3.23. The maximum Gasteiger partial charge on any atom is 0.191 e. The van der Waals surface area contributed by atoms with E-state index in [1.54, 1.807) is 7.11 Å². The molecule has 164 valence electrons. The molecule has 0 aliphatic carbocycles. The van der Waals surface area contributed by atoms with Crippen molar-refractivity contribution in [2.24, 2.45) is 10.9 Å². The summed E-state index contributed by atoms with van der Waals surface area (Å²) < 4.78 is 5.36. The van der Waals surface area contributed by atoms with Crippen LogP contribution in [0.1, 0.15) is 30.4 Å². The molecule has 30 heavy (non-hydrogen) atoms. The smallest absolute Gasteiger partial charge is 0.191 e. The van der Waals surface area contributed by atoms with E-state index in [1.807, 2.05) is 13.1 Å². The van der Waals surface area contributed by atoms with Crippen molar-refractivity contribution in [3.63, 3.8) is 0 Å². The van der Waals surface area contributed by atoms with Crippen LogP contribution in [0.3, 0.4) is 0 Å². The van der Waals surface area contributed by atoms with E-state index in [2.05, 4.69) is 76.8 Å². The number of anilines is 1. The Morgan fingerprint density at radius 1 is 1.20 bits per heavy atom. The molecule has 0 saturated carbocycles. The third-order valence-electron chi connectivity index (χ3n) is 5.67. The fourth-order valence-corrected chi connectivity index (χ4v) is 3.85. The van der Waals surface area contributed by atoms with E-state index in [4.69, 9.17) is 4.74 Å². The number of hydrogen-bond acceptors (Lipinski definition) is 3. The van der Waals surface area contributed by atoms with Crippen LogP contribution in [0.5, 0.6) is 5.75 Å². The fraction of sp³-hybridized carbons (Fsp3) is 0.458. The van der Waals surface area contributed by atoms with Gasteiger partial charge in [0.25, 0.3) is 0 Å². The SMILES string of the molecule is CN=C(NCC1CCN(c2cccc(OC)c2)C1)NCC(C)c1cccc(C)c1.I. The highest BCUT2D eigenvalue weighted by atomic mass is 127. The normalized spacial score (nSPS) is 17.3. The fourth-order valence-electron chi connectivity index (χ4n) is 3.85. The number of aliphatic imine (C=N–C) groups is 1. The molecule has 0 spiro atoms. The number of benzene rings is 2. The van der Waals surface area contributed by atoms with Gasteiger partial charge >= 0.3 is 0 Å². The van der Waals surface area contributed by atoms with Gasteiger partial charge in [0.05, 0.1) is 7.11 Å². The molecule has 0 radical (unpaired) electrons. The van der Waals surface area contributed by atoms with E-state index in [-0.39, 0.29) is 24.0 Å². The molecule has 2 unspecified atom stereocenters. The molecule has 1 aliphatic heterocycles. The van der Waals surface area contributed by atoms with Crippen LogP contribution in [0.15, 0.2) is 53.5 Å². The Bertz CT molecular complexity index is 826. The summed E-state index contributed by atoms with van der Waals surface area (Å²) in [4.78, 5) is 6.83. The van der Waals surface area contributed by atoms with Crippen LogP contribution in [0.4, 0.5) is 5.69 Å². The van der Waals surface area contributed by atoms with Crippen molar-refractivity contribution in [2.45, 2.75) is 26.2 Å². The Kier molecular flexibility index (Phi) is 9.75. The van der Waals surface area contributed by atoms with Crippen LogP contribution in [0.2, 0.25) is 0 Å². The van der Waals surface area contributed by atoms with Gasteiger partial charge in [-0.2, -0.15) is 0 Å². The molecule has 2 aromatic rings. The van der Waals surface area contributed by atoms with Gasteiger partial charge in [0, 0.05) is 45.0 Å². The van der Waals surface area contributed by atoms with E-state index in [9.17, 15) is 0 Å². The molecule has 2 aromatic carbocycles. The van der Waals surface area contributed by atoms with Crippen molar-refractivity contribution in [1.82, 2.24) is 10.6 Å². The number of hydrogen-bond donors (Lipinski definition) is 2. The Labute approximate surface area is 198 Å². The van der Waals surface area contributed by atoms with Crippen LogP contribution < -0.4 is 20.3 Å². The number of nitrogens with zero attached hydrogens (tertiary/aromatic N) is 2. The van der Waals surface area contributed by atoms with Gasteiger partial charge in [-0.1, -0.05) is 42.8 Å². The first kappa shape index (κ1) is 24.3. The third-order valence-corrected chi connectivity index (χ3v) is 5.67. The highest BCUT2D eigenvalue weighted by molar-refractivity contribution is 14.0. The molecule has 1 saturated heterocycles. The van der Waals surface area contributed by atoms with Gasteiger partial charge in [-0.3, -0.25) is 4.99 Å². The summed E-state index contributed by atoms with van der Waals surface area (Å²) in [5.74, 6) is 2.83. The van der Waals surface area contributed by atoms with Gasteiger partial charge in [0.15, 0.2) is 5.96 Å². The quantitative estimate of drug-likeness (QED) is 0.321. The molecule has 1 aliphatic rings. The van der Waals surface area contributed by atoms with Crippen molar-refractivity contribution in [1.29, 1.82) is 0 Å². The first-order chi connectivity index (χ1) is 14.1. The Balaban J connectivity index is 0.00000320. The summed E-state index contributed by atoms with van der Waals surface area (Å²) >= 11 is 0. The topological polar surface area (TPSA) is 48.9 Å². The second kappa shape index (κ2) is 12.0. The second-order valence-electron chi connectivity index (χ2n) is 7.95. The Hall–Kier alpha value is -1.96. The molecule has 3 rings (SSSR count). The lowest BCUT2D eigenvalue weighted by molar-refractivity contribution is 0.415. The van der Waals surface area contributed by atoms with Gasteiger partial charge in [-0.05, 0) is 42.9 Å². The van der Waals surface area contributed by atoms with Gasteiger partial charge < -0.3 is 20.3 Å². The van der Waals surface area contributed by atoms with Crippen LogP contribution in [0, 0.1) is 12.8 Å². The maximum atomic E-state index is 5.36. The number of guanidine groups is 1. The molecule has 0 amide bonds. The average molecular weight is 522 g/mol. The molecule has 0 bridgehead atoms. The second-order valence-corrected chi connectivity index (χ2v) is 7.95. The monoisotopic (exact) mass is 522 g/mol. The van der Waals surface area contributed by atoms with Crippen LogP contribution >= 0.6 is 24.0 Å². The molecular formula is C24H35IN4O. The molecular weight excluding hydrogens is 487 g/mol. The lowest BCUT2D eigenvalue weighted by Crippen LogP contribution is -2.41. The van der Waals surface area contributed by atoms with E-state index in [0.717, 1.165) is 37.9 Å². The lowest BCUT2D eigenvalue weighted by atomic mass is 9.99. The first-order valence-corrected chi connectivity index (χ1v) is 10.5. The highest BCUT2D eigenvalue weighted by Crippen LogP contribution is 2.26. The number of rotatable bonds is 7. The predicted octanol–water partition coefficient (Wildman–Crippen LogP) is 4.42. The van der Waals surface area contributed by atoms with Crippen LogP contribution in [0.25, 0.3) is 0 Å². The maximum absolute atomic E-state index is 5.36. The number of ether oxygens (including phenoxy) is 1. The predicted molar refractivity (Wildman–Crippen MR) is 138 cm³/mol. The van der Waals surface area contributed by atoms with E-state index < -0.39 is 0 Å². The molecule has 5 nitrogen and oxygen atoms in total. The summed E-state index contributed by atoms with van der Waals surface area (Å²) in [5, 5.41) is 6.99. The minimum atomic E-state index is 0. The zero-order chi connectivity index (χ0) is 20.6. The van der Waals surface area contributed by atoms with E-state index in [0.29, 0.717) is 11.8 Å². The summed E-state index contributed by atoms with van der Waals surface area (Å²) in [6.45, 7) is 8.31. The standard InChI is InChI=1S/C24H34N4O.HI/c1-18-7-5-8-21(13-18)19(2)15-26-24(25-3)27-16-20-11-12-28(17-20)22-9-6-10-23(14-22)29-4;/h5-10,13-14,19-20H,11-12,15-17H2,1-4H3,(H2,25,26,27);1H. The molecule has 6 heteroatoms. The lowest BCUT2D eigenvalue weighted by Gasteiger charge is -2.20. The molecule has 1 heterocycles. The summed E-state index contributed by atoms with van der Waals surface area (Å²) in [6.07, 6.45) is 1.18. The third kappa shape index (κ3) is 6.79. The molecule has 1 fully saturated rings. The summed E-state index contributed by atoms with van der Waals surface area (Å²) in [5.41, 5.74) is 3.90. The van der Waals surface area contributed by atoms with Gasteiger partial charge in [-0.25, -0.2) is 0 Å². The summed E-state index contributed by atoms with van der Waals surface area (Å²) in [6, 6.07) is 17.0. The molecule has 2 atom stereocenters.